The van der Waals surface area contributed by atoms with Crippen LogP contribution in [0.15, 0.2) is 21.2 Å². The standard InChI is InChI=1S/C13H17Br2NO3/c1-3-5-9(13(18)19-4-2)12(17)11-10(15)6-8(14)7-16-11/h6-7,9,12,17H,3-5H2,1-2H3. The third-order valence-electron chi connectivity index (χ3n) is 2.69. The maximum atomic E-state index is 11.9. The number of esters is 1. The smallest absolute Gasteiger partial charge is 0.311 e. The van der Waals surface area contributed by atoms with Gasteiger partial charge in [0.1, 0.15) is 6.10 Å². The number of nitrogens with zero attached hydrogens (tertiary/aromatic N) is 1. The second-order valence-corrected chi connectivity index (χ2v) is 5.88. The molecule has 0 aliphatic carbocycles. The number of aliphatic hydroxyl groups excluding tert-OH is 1. The van der Waals surface area contributed by atoms with Gasteiger partial charge >= 0.3 is 5.97 Å². The van der Waals surface area contributed by atoms with E-state index in [0.29, 0.717) is 23.2 Å². The molecule has 6 heteroatoms. The summed E-state index contributed by atoms with van der Waals surface area (Å²) in [6.45, 7) is 4.02. The molecular formula is C13H17Br2NO3. The highest BCUT2D eigenvalue weighted by Gasteiger charge is 2.30. The maximum Gasteiger partial charge on any atom is 0.311 e. The number of hydrogen-bond acceptors (Lipinski definition) is 4. The fraction of sp³-hybridized carbons (Fsp3) is 0.538. The predicted octanol–water partition coefficient (Wildman–Crippen LogP) is 3.62. The number of hydrogen-bond donors (Lipinski definition) is 1. The lowest BCUT2D eigenvalue weighted by Crippen LogP contribution is -2.25. The van der Waals surface area contributed by atoms with E-state index < -0.39 is 12.0 Å². The molecule has 0 bridgehead atoms. The van der Waals surface area contributed by atoms with Gasteiger partial charge in [-0.05, 0) is 51.3 Å². The fourth-order valence-electron chi connectivity index (χ4n) is 1.80. The molecule has 1 rings (SSSR count). The molecule has 0 aliphatic heterocycles. The van der Waals surface area contributed by atoms with Crippen LogP contribution >= 0.6 is 31.9 Å². The number of aliphatic hydroxyl groups is 1. The lowest BCUT2D eigenvalue weighted by molar-refractivity contribution is -0.152. The lowest BCUT2D eigenvalue weighted by atomic mass is 9.94. The molecule has 0 saturated heterocycles. The Kier molecular flexibility index (Phi) is 6.96. The van der Waals surface area contributed by atoms with E-state index in [1.165, 1.54) is 0 Å². The summed E-state index contributed by atoms with van der Waals surface area (Å²) >= 11 is 6.65. The van der Waals surface area contributed by atoms with E-state index in [-0.39, 0.29) is 5.97 Å². The van der Waals surface area contributed by atoms with Crippen LogP contribution in [0.2, 0.25) is 0 Å². The van der Waals surface area contributed by atoms with Crippen molar-refractivity contribution in [3.63, 3.8) is 0 Å². The van der Waals surface area contributed by atoms with Crippen LogP contribution in [0.5, 0.6) is 0 Å². The largest absolute Gasteiger partial charge is 0.466 e. The second kappa shape index (κ2) is 7.97. The molecule has 2 unspecified atom stereocenters. The van der Waals surface area contributed by atoms with Crippen molar-refractivity contribution in [1.82, 2.24) is 4.98 Å². The van der Waals surface area contributed by atoms with Gasteiger partial charge in [0.25, 0.3) is 0 Å². The summed E-state index contributed by atoms with van der Waals surface area (Å²) in [5, 5.41) is 10.4. The fourth-order valence-corrected chi connectivity index (χ4v) is 3.02. The summed E-state index contributed by atoms with van der Waals surface area (Å²) in [4.78, 5) is 16.1. The van der Waals surface area contributed by atoms with Crippen molar-refractivity contribution in [1.29, 1.82) is 0 Å². The molecule has 1 aromatic heterocycles. The van der Waals surface area contributed by atoms with Crippen LogP contribution in [0.25, 0.3) is 0 Å². The Morgan fingerprint density at radius 1 is 1.47 bits per heavy atom. The van der Waals surface area contributed by atoms with E-state index in [4.69, 9.17) is 4.74 Å². The molecule has 19 heavy (non-hydrogen) atoms. The summed E-state index contributed by atoms with van der Waals surface area (Å²) in [6, 6.07) is 1.79. The minimum atomic E-state index is -0.971. The van der Waals surface area contributed by atoms with Crippen LogP contribution in [0, 0.1) is 5.92 Å². The Hall–Kier alpha value is -0.460. The molecule has 4 nitrogen and oxygen atoms in total. The normalized spacial score (nSPS) is 13.9. The van der Waals surface area contributed by atoms with Crippen LogP contribution in [-0.4, -0.2) is 22.7 Å². The Morgan fingerprint density at radius 3 is 2.68 bits per heavy atom. The minimum absolute atomic E-state index is 0.306. The van der Waals surface area contributed by atoms with E-state index in [0.717, 1.165) is 10.9 Å². The van der Waals surface area contributed by atoms with Crippen LogP contribution in [0.4, 0.5) is 0 Å². The number of halogens is 2. The van der Waals surface area contributed by atoms with Crippen molar-refractivity contribution < 1.29 is 14.6 Å². The average molecular weight is 395 g/mol. The second-order valence-electron chi connectivity index (χ2n) is 4.11. The zero-order chi connectivity index (χ0) is 14.4. The van der Waals surface area contributed by atoms with Crippen LogP contribution < -0.4 is 0 Å². The highest BCUT2D eigenvalue weighted by Crippen LogP contribution is 2.31. The summed E-state index contributed by atoms with van der Waals surface area (Å²) in [7, 11) is 0. The molecule has 0 saturated carbocycles. The molecule has 0 spiro atoms. The molecule has 0 amide bonds. The molecule has 2 atom stereocenters. The van der Waals surface area contributed by atoms with Gasteiger partial charge in [-0.2, -0.15) is 0 Å². The van der Waals surface area contributed by atoms with Gasteiger partial charge in [0.2, 0.25) is 0 Å². The number of aromatic nitrogens is 1. The summed E-state index contributed by atoms with van der Waals surface area (Å²) in [6.07, 6.45) is 1.97. The quantitative estimate of drug-likeness (QED) is 0.748. The molecule has 106 valence electrons. The average Bonchev–Trinajstić information content (AvgIpc) is 2.35. The molecular weight excluding hydrogens is 378 g/mol. The monoisotopic (exact) mass is 393 g/mol. The molecule has 0 aromatic carbocycles. The zero-order valence-electron chi connectivity index (χ0n) is 10.9. The Labute approximate surface area is 129 Å². The van der Waals surface area contributed by atoms with Gasteiger partial charge in [-0.15, -0.1) is 0 Å². The zero-order valence-corrected chi connectivity index (χ0v) is 14.1. The predicted molar refractivity (Wildman–Crippen MR) is 79.6 cm³/mol. The van der Waals surface area contributed by atoms with Crippen molar-refractivity contribution in [3.8, 4) is 0 Å². The van der Waals surface area contributed by atoms with E-state index in [1.807, 2.05) is 6.92 Å². The Bertz CT molecular complexity index is 440. The van der Waals surface area contributed by atoms with Gasteiger partial charge in [-0.3, -0.25) is 9.78 Å². The summed E-state index contributed by atoms with van der Waals surface area (Å²) in [5.41, 5.74) is 0.453. The first-order valence-electron chi connectivity index (χ1n) is 6.16. The number of rotatable bonds is 6. The Balaban J connectivity index is 2.98. The molecule has 1 aromatic rings. The van der Waals surface area contributed by atoms with Crippen LogP contribution in [0.1, 0.15) is 38.5 Å². The highest BCUT2D eigenvalue weighted by molar-refractivity contribution is 9.11. The topological polar surface area (TPSA) is 59.4 Å². The summed E-state index contributed by atoms with van der Waals surface area (Å²) < 4.78 is 6.48. The number of pyridine rings is 1. The van der Waals surface area contributed by atoms with Crippen LogP contribution in [-0.2, 0) is 9.53 Å². The third-order valence-corrected chi connectivity index (χ3v) is 3.76. The van der Waals surface area contributed by atoms with Gasteiger partial charge in [0.05, 0.1) is 18.2 Å². The van der Waals surface area contributed by atoms with E-state index in [2.05, 4.69) is 36.8 Å². The summed E-state index contributed by atoms with van der Waals surface area (Å²) in [5.74, 6) is -0.969. The SMILES string of the molecule is CCCC(C(=O)OCC)C(O)c1ncc(Br)cc1Br. The molecule has 1 N–H and O–H groups in total. The molecule has 0 fully saturated rings. The van der Waals surface area contributed by atoms with E-state index in [1.54, 1.807) is 19.2 Å². The third kappa shape index (κ3) is 4.54. The first kappa shape index (κ1) is 16.6. The van der Waals surface area contributed by atoms with Crippen molar-refractivity contribution in [3.05, 3.63) is 26.9 Å². The van der Waals surface area contributed by atoms with E-state index >= 15 is 0 Å². The Morgan fingerprint density at radius 2 is 2.16 bits per heavy atom. The maximum absolute atomic E-state index is 11.9. The number of ether oxygens (including phenoxy) is 1. The first-order chi connectivity index (χ1) is 9.01. The van der Waals surface area contributed by atoms with Gasteiger partial charge in [-0.25, -0.2) is 0 Å². The van der Waals surface area contributed by atoms with Gasteiger partial charge in [0, 0.05) is 15.1 Å². The molecule has 0 radical (unpaired) electrons. The first-order valence-corrected chi connectivity index (χ1v) is 7.75. The van der Waals surface area contributed by atoms with Gasteiger partial charge in [0.15, 0.2) is 0 Å². The lowest BCUT2D eigenvalue weighted by Gasteiger charge is -2.21. The minimum Gasteiger partial charge on any atom is -0.466 e. The van der Waals surface area contributed by atoms with Crippen molar-refractivity contribution >= 4 is 37.8 Å². The highest BCUT2D eigenvalue weighted by atomic mass is 79.9. The molecule has 0 aliphatic rings. The molecule has 1 heterocycles. The van der Waals surface area contributed by atoms with Gasteiger partial charge < -0.3 is 9.84 Å². The number of carbonyl (C=O) groups is 1. The van der Waals surface area contributed by atoms with Gasteiger partial charge in [-0.1, -0.05) is 13.3 Å². The van der Waals surface area contributed by atoms with Crippen molar-refractivity contribution in [2.75, 3.05) is 6.61 Å². The van der Waals surface area contributed by atoms with Crippen LogP contribution in [0.3, 0.4) is 0 Å². The van der Waals surface area contributed by atoms with E-state index in [9.17, 15) is 9.90 Å². The van der Waals surface area contributed by atoms with Crippen molar-refractivity contribution in [2.24, 2.45) is 5.92 Å². The van der Waals surface area contributed by atoms with Crippen molar-refractivity contribution in [2.45, 2.75) is 32.8 Å². The number of carbonyl (C=O) groups excluding carboxylic acids is 1.